The van der Waals surface area contributed by atoms with Crippen molar-refractivity contribution < 1.29 is 4.79 Å². The number of imidazole rings is 1. The maximum atomic E-state index is 12.2. The molecule has 1 heterocycles. The third-order valence-electron chi connectivity index (χ3n) is 2.63. The monoisotopic (exact) mass is 214 g/mol. The molecule has 1 aromatic heterocycles. The van der Waals surface area contributed by atoms with Gasteiger partial charge in [-0.2, -0.15) is 0 Å². The van der Waals surface area contributed by atoms with Gasteiger partial charge < -0.3 is 0 Å². The van der Waals surface area contributed by atoms with Crippen molar-refractivity contribution in [2.45, 2.75) is 20.3 Å². The molecule has 0 bridgehead atoms. The smallest absolute Gasteiger partial charge is 0.263 e. The number of nitrogens with zero attached hydrogens (tertiary/aromatic N) is 2. The lowest BCUT2D eigenvalue weighted by Crippen LogP contribution is -2.15. The van der Waals surface area contributed by atoms with Crippen LogP contribution in [-0.2, 0) is 6.42 Å². The Hall–Kier alpha value is -1.90. The molecule has 0 aliphatic rings. The van der Waals surface area contributed by atoms with E-state index in [1.165, 1.54) is 0 Å². The standard InChI is InChI=1S/C13H14N2O/c1-3-12-14-8-9-15(12)13(16)11-7-5-4-6-10(11)2/h4-9H,3H2,1-2H3. The van der Waals surface area contributed by atoms with Crippen LogP contribution in [0.4, 0.5) is 0 Å². The predicted octanol–water partition coefficient (Wildman–Crippen LogP) is 2.44. The molecule has 0 unspecified atom stereocenters. The van der Waals surface area contributed by atoms with Gasteiger partial charge in [-0.3, -0.25) is 9.36 Å². The average Bonchev–Trinajstić information content (AvgIpc) is 2.77. The van der Waals surface area contributed by atoms with Crippen molar-refractivity contribution in [1.29, 1.82) is 0 Å². The van der Waals surface area contributed by atoms with Gasteiger partial charge in [0, 0.05) is 24.4 Å². The number of hydrogen-bond acceptors (Lipinski definition) is 2. The molecule has 0 atom stereocenters. The van der Waals surface area contributed by atoms with Crippen molar-refractivity contribution in [2.24, 2.45) is 0 Å². The number of hydrogen-bond donors (Lipinski definition) is 0. The van der Waals surface area contributed by atoms with Crippen molar-refractivity contribution in [1.82, 2.24) is 9.55 Å². The Morgan fingerprint density at radius 2 is 2.12 bits per heavy atom. The van der Waals surface area contributed by atoms with Gasteiger partial charge in [-0.1, -0.05) is 25.1 Å². The van der Waals surface area contributed by atoms with Gasteiger partial charge in [0.25, 0.3) is 5.91 Å². The van der Waals surface area contributed by atoms with Crippen LogP contribution in [0.3, 0.4) is 0 Å². The van der Waals surface area contributed by atoms with Crippen LogP contribution in [0.5, 0.6) is 0 Å². The van der Waals surface area contributed by atoms with Crippen molar-refractivity contribution >= 4 is 5.91 Å². The summed E-state index contributed by atoms with van der Waals surface area (Å²) in [6.45, 7) is 3.93. The first kappa shape index (κ1) is 10.6. The molecule has 3 heteroatoms. The molecule has 0 radical (unpaired) electrons. The molecule has 82 valence electrons. The second-order valence-electron chi connectivity index (χ2n) is 3.69. The van der Waals surface area contributed by atoms with E-state index in [1.54, 1.807) is 17.0 Å². The minimum atomic E-state index is -0.00699. The first-order chi connectivity index (χ1) is 7.74. The van der Waals surface area contributed by atoms with E-state index >= 15 is 0 Å². The van der Waals surface area contributed by atoms with E-state index < -0.39 is 0 Å². The molecular weight excluding hydrogens is 200 g/mol. The topological polar surface area (TPSA) is 34.9 Å². The lowest BCUT2D eigenvalue weighted by Gasteiger charge is -2.07. The highest BCUT2D eigenvalue weighted by Crippen LogP contribution is 2.11. The first-order valence-electron chi connectivity index (χ1n) is 5.36. The third-order valence-corrected chi connectivity index (χ3v) is 2.63. The molecule has 3 nitrogen and oxygen atoms in total. The Balaban J connectivity index is 2.44. The second-order valence-corrected chi connectivity index (χ2v) is 3.69. The Morgan fingerprint density at radius 1 is 1.38 bits per heavy atom. The molecule has 1 aromatic carbocycles. The molecule has 16 heavy (non-hydrogen) atoms. The fourth-order valence-corrected chi connectivity index (χ4v) is 1.72. The third kappa shape index (κ3) is 1.76. The van der Waals surface area contributed by atoms with Gasteiger partial charge in [-0.05, 0) is 18.6 Å². The fourth-order valence-electron chi connectivity index (χ4n) is 1.72. The fraction of sp³-hybridized carbons (Fsp3) is 0.231. The normalized spacial score (nSPS) is 10.4. The highest BCUT2D eigenvalue weighted by molar-refractivity contribution is 5.97. The van der Waals surface area contributed by atoms with E-state index in [1.807, 2.05) is 38.1 Å². The Kier molecular flexibility index (Phi) is 2.86. The summed E-state index contributed by atoms with van der Waals surface area (Å²) >= 11 is 0. The van der Waals surface area contributed by atoms with Crippen molar-refractivity contribution in [3.63, 3.8) is 0 Å². The summed E-state index contributed by atoms with van der Waals surface area (Å²) in [6.07, 6.45) is 4.13. The zero-order chi connectivity index (χ0) is 11.5. The summed E-state index contributed by atoms with van der Waals surface area (Å²) in [5.41, 5.74) is 1.72. The molecule has 0 spiro atoms. The number of rotatable bonds is 2. The van der Waals surface area contributed by atoms with Crippen LogP contribution in [-0.4, -0.2) is 15.5 Å². The van der Waals surface area contributed by atoms with Gasteiger partial charge in [0.1, 0.15) is 5.82 Å². The predicted molar refractivity (Wildman–Crippen MR) is 62.5 cm³/mol. The van der Waals surface area contributed by atoms with Crippen LogP contribution < -0.4 is 0 Å². The summed E-state index contributed by atoms with van der Waals surface area (Å²) in [4.78, 5) is 16.4. The Bertz CT molecular complexity index is 514. The summed E-state index contributed by atoms with van der Waals surface area (Å²) in [7, 11) is 0. The van der Waals surface area contributed by atoms with E-state index in [0.717, 1.165) is 23.4 Å². The second kappa shape index (κ2) is 4.31. The molecule has 0 amide bonds. The summed E-state index contributed by atoms with van der Waals surface area (Å²) in [6, 6.07) is 7.59. The van der Waals surface area contributed by atoms with Crippen LogP contribution in [0.25, 0.3) is 0 Å². The summed E-state index contributed by atoms with van der Waals surface area (Å²) in [5, 5.41) is 0. The van der Waals surface area contributed by atoms with E-state index in [2.05, 4.69) is 4.98 Å². The maximum absolute atomic E-state index is 12.2. The van der Waals surface area contributed by atoms with Crippen LogP contribution >= 0.6 is 0 Å². The van der Waals surface area contributed by atoms with Crippen molar-refractivity contribution in [2.75, 3.05) is 0 Å². The van der Waals surface area contributed by atoms with Crippen molar-refractivity contribution in [3.8, 4) is 0 Å². The molecule has 0 aliphatic heterocycles. The van der Waals surface area contributed by atoms with Crippen LogP contribution in [0.15, 0.2) is 36.7 Å². The van der Waals surface area contributed by atoms with Gasteiger partial charge in [-0.15, -0.1) is 0 Å². The molecular formula is C13H14N2O. The summed E-state index contributed by atoms with van der Waals surface area (Å²) < 4.78 is 1.61. The number of carbonyl (C=O) groups is 1. The van der Waals surface area contributed by atoms with Gasteiger partial charge in [0.05, 0.1) is 0 Å². The minimum Gasteiger partial charge on any atom is -0.270 e. The molecule has 0 saturated carbocycles. The number of benzene rings is 1. The molecule has 0 fully saturated rings. The zero-order valence-corrected chi connectivity index (χ0v) is 9.47. The molecule has 0 aliphatic carbocycles. The van der Waals surface area contributed by atoms with Crippen LogP contribution in [0.1, 0.15) is 28.7 Å². The Labute approximate surface area is 94.7 Å². The van der Waals surface area contributed by atoms with E-state index in [0.29, 0.717) is 0 Å². The van der Waals surface area contributed by atoms with E-state index in [4.69, 9.17) is 0 Å². The lowest BCUT2D eigenvalue weighted by molar-refractivity contribution is 0.0956. The maximum Gasteiger partial charge on any atom is 0.263 e. The quantitative estimate of drug-likeness (QED) is 0.769. The van der Waals surface area contributed by atoms with Crippen LogP contribution in [0, 0.1) is 6.92 Å². The zero-order valence-electron chi connectivity index (χ0n) is 9.47. The van der Waals surface area contributed by atoms with Gasteiger partial charge in [0.2, 0.25) is 0 Å². The SMILES string of the molecule is CCc1nccn1C(=O)c1ccccc1C. The largest absolute Gasteiger partial charge is 0.270 e. The van der Waals surface area contributed by atoms with Crippen molar-refractivity contribution in [3.05, 3.63) is 53.6 Å². The first-order valence-corrected chi connectivity index (χ1v) is 5.36. The highest BCUT2D eigenvalue weighted by Gasteiger charge is 2.13. The van der Waals surface area contributed by atoms with E-state index in [9.17, 15) is 4.79 Å². The molecule has 2 rings (SSSR count). The average molecular weight is 214 g/mol. The minimum absolute atomic E-state index is 0.00699. The van der Waals surface area contributed by atoms with Gasteiger partial charge >= 0.3 is 0 Å². The van der Waals surface area contributed by atoms with Gasteiger partial charge in [0.15, 0.2) is 0 Å². The number of aryl methyl sites for hydroxylation is 2. The highest BCUT2D eigenvalue weighted by atomic mass is 16.2. The summed E-state index contributed by atoms with van der Waals surface area (Å²) in [5.74, 6) is 0.792. The van der Waals surface area contributed by atoms with E-state index in [-0.39, 0.29) is 5.91 Å². The Morgan fingerprint density at radius 3 is 2.81 bits per heavy atom. The number of aromatic nitrogens is 2. The van der Waals surface area contributed by atoms with Crippen LogP contribution in [0.2, 0.25) is 0 Å². The van der Waals surface area contributed by atoms with Gasteiger partial charge in [-0.25, -0.2) is 4.98 Å². The molecule has 0 N–H and O–H groups in total. The number of carbonyl (C=O) groups excluding carboxylic acids is 1. The molecule has 2 aromatic rings. The lowest BCUT2D eigenvalue weighted by atomic mass is 10.1. The molecule has 0 saturated heterocycles.